The molecule has 0 heterocycles. The molecule has 2 aliphatic rings. The van der Waals surface area contributed by atoms with Crippen LogP contribution in [0.25, 0.3) is 0 Å². The van der Waals surface area contributed by atoms with Crippen molar-refractivity contribution in [2.24, 2.45) is 23.7 Å². The van der Waals surface area contributed by atoms with Crippen LogP contribution in [0.15, 0.2) is 36.4 Å². The third-order valence-corrected chi connectivity index (χ3v) is 4.52. The van der Waals surface area contributed by atoms with E-state index in [9.17, 15) is 19.5 Å². The van der Waals surface area contributed by atoms with Crippen LogP contribution < -0.4 is 10.6 Å². The van der Waals surface area contributed by atoms with Crippen LogP contribution in [0.5, 0.6) is 0 Å². The van der Waals surface area contributed by atoms with Crippen molar-refractivity contribution in [3.63, 3.8) is 0 Å². The fourth-order valence-electron chi connectivity index (χ4n) is 3.58. The summed E-state index contributed by atoms with van der Waals surface area (Å²) in [5, 5.41) is 14.8. The molecule has 0 spiro atoms. The lowest BCUT2D eigenvalue weighted by Crippen LogP contribution is -2.36. The summed E-state index contributed by atoms with van der Waals surface area (Å²) in [6.45, 7) is 1.42. The van der Waals surface area contributed by atoms with Crippen LogP contribution in [-0.2, 0) is 14.4 Å². The van der Waals surface area contributed by atoms with Crippen molar-refractivity contribution in [1.82, 2.24) is 0 Å². The van der Waals surface area contributed by atoms with E-state index in [2.05, 4.69) is 10.6 Å². The van der Waals surface area contributed by atoms with Gasteiger partial charge in [0.1, 0.15) is 0 Å². The SMILES string of the molecule is CC(=O)Nc1ccc(NC(=O)[C@H]2[C@H](C(=O)O)[C@H]3C=C[C@H]2C3)cc1. The number of carbonyl (C=O) groups excluding carboxylic acids is 2. The Morgan fingerprint density at radius 2 is 1.48 bits per heavy atom. The molecular weight excluding hydrogens is 296 g/mol. The van der Waals surface area contributed by atoms with Crippen LogP contribution in [0.1, 0.15) is 13.3 Å². The van der Waals surface area contributed by atoms with Gasteiger partial charge in [-0.25, -0.2) is 0 Å². The van der Waals surface area contributed by atoms with Gasteiger partial charge in [0.25, 0.3) is 0 Å². The lowest BCUT2D eigenvalue weighted by molar-refractivity contribution is -0.146. The van der Waals surface area contributed by atoms with Gasteiger partial charge in [-0.2, -0.15) is 0 Å². The van der Waals surface area contributed by atoms with Crippen LogP contribution in [-0.4, -0.2) is 22.9 Å². The zero-order chi connectivity index (χ0) is 16.6. The normalized spacial score (nSPS) is 27.7. The molecule has 2 amide bonds. The largest absolute Gasteiger partial charge is 0.481 e. The molecule has 0 aromatic heterocycles. The second kappa shape index (κ2) is 5.87. The van der Waals surface area contributed by atoms with Crippen molar-refractivity contribution in [2.45, 2.75) is 13.3 Å². The van der Waals surface area contributed by atoms with E-state index >= 15 is 0 Å². The second-order valence-corrected chi connectivity index (χ2v) is 6.09. The summed E-state index contributed by atoms with van der Waals surface area (Å²) >= 11 is 0. The third-order valence-electron chi connectivity index (χ3n) is 4.52. The number of carbonyl (C=O) groups is 3. The van der Waals surface area contributed by atoms with E-state index in [1.165, 1.54) is 6.92 Å². The van der Waals surface area contributed by atoms with E-state index in [1.807, 2.05) is 12.2 Å². The number of fused-ring (bicyclic) bond motifs is 2. The van der Waals surface area contributed by atoms with Gasteiger partial charge in [-0.05, 0) is 42.5 Å². The summed E-state index contributed by atoms with van der Waals surface area (Å²) in [5.41, 5.74) is 1.22. The predicted octanol–water partition coefficient (Wildman–Crippen LogP) is 2.11. The third kappa shape index (κ3) is 2.97. The maximum absolute atomic E-state index is 12.5. The summed E-state index contributed by atoms with van der Waals surface area (Å²) < 4.78 is 0. The average Bonchev–Trinajstić information content (AvgIpc) is 3.09. The van der Waals surface area contributed by atoms with Gasteiger partial charge in [0.15, 0.2) is 0 Å². The molecule has 23 heavy (non-hydrogen) atoms. The number of hydrogen-bond donors (Lipinski definition) is 3. The first-order valence-corrected chi connectivity index (χ1v) is 7.55. The minimum absolute atomic E-state index is 0.000229. The van der Waals surface area contributed by atoms with E-state index in [0.717, 1.165) is 6.42 Å². The first-order valence-electron chi connectivity index (χ1n) is 7.55. The summed E-state index contributed by atoms with van der Waals surface area (Å²) in [4.78, 5) is 34.9. The van der Waals surface area contributed by atoms with Crippen LogP contribution >= 0.6 is 0 Å². The second-order valence-electron chi connectivity index (χ2n) is 6.09. The number of benzene rings is 1. The monoisotopic (exact) mass is 314 g/mol. The molecule has 0 unspecified atom stereocenters. The Bertz CT molecular complexity index is 680. The molecule has 3 N–H and O–H groups in total. The van der Waals surface area contributed by atoms with Crippen molar-refractivity contribution in [3.8, 4) is 0 Å². The highest BCUT2D eigenvalue weighted by atomic mass is 16.4. The molecule has 4 atom stereocenters. The number of aliphatic carboxylic acids is 1. The van der Waals surface area contributed by atoms with Gasteiger partial charge in [-0.1, -0.05) is 12.2 Å². The molecule has 0 aliphatic heterocycles. The fraction of sp³-hybridized carbons (Fsp3) is 0.353. The number of carboxylic acid groups (broad SMARTS) is 1. The number of hydrogen-bond acceptors (Lipinski definition) is 3. The van der Waals surface area contributed by atoms with E-state index < -0.39 is 17.8 Å². The molecule has 0 radical (unpaired) electrons. The zero-order valence-electron chi connectivity index (χ0n) is 12.7. The Morgan fingerprint density at radius 1 is 0.957 bits per heavy atom. The molecule has 1 aromatic carbocycles. The van der Waals surface area contributed by atoms with Crippen LogP contribution in [0.2, 0.25) is 0 Å². The average molecular weight is 314 g/mol. The smallest absolute Gasteiger partial charge is 0.307 e. The highest BCUT2D eigenvalue weighted by Crippen LogP contribution is 2.48. The van der Waals surface area contributed by atoms with Gasteiger partial charge >= 0.3 is 5.97 Å². The van der Waals surface area contributed by atoms with Crippen LogP contribution in [0.3, 0.4) is 0 Å². The first kappa shape index (κ1) is 15.3. The van der Waals surface area contributed by atoms with E-state index in [1.54, 1.807) is 24.3 Å². The van der Waals surface area contributed by atoms with Gasteiger partial charge < -0.3 is 15.7 Å². The van der Waals surface area contributed by atoms with Crippen molar-refractivity contribution in [2.75, 3.05) is 10.6 Å². The number of rotatable bonds is 4. The van der Waals surface area contributed by atoms with Gasteiger partial charge in [0, 0.05) is 18.3 Å². The summed E-state index contributed by atoms with van der Waals surface area (Å²) in [6, 6.07) is 6.74. The summed E-state index contributed by atoms with van der Waals surface area (Å²) in [7, 11) is 0. The summed E-state index contributed by atoms with van der Waals surface area (Å²) in [6.07, 6.45) is 4.60. The molecule has 2 aliphatic carbocycles. The van der Waals surface area contributed by atoms with Crippen molar-refractivity contribution < 1.29 is 19.5 Å². The maximum Gasteiger partial charge on any atom is 0.307 e. The summed E-state index contributed by atoms with van der Waals surface area (Å²) in [5.74, 6) is -2.57. The number of amides is 2. The molecule has 1 fully saturated rings. The van der Waals surface area contributed by atoms with E-state index in [4.69, 9.17) is 0 Å². The quantitative estimate of drug-likeness (QED) is 0.742. The Labute approximate surface area is 133 Å². The van der Waals surface area contributed by atoms with Crippen LogP contribution in [0, 0.1) is 23.7 Å². The topological polar surface area (TPSA) is 95.5 Å². The van der Waals surface area contributed by atoms with Gasteiger partial charge in [-0.3, -0.25) is 14.4 Å². The van der Waals surface area contributed by atoms with Gasteiger partial charge in [-0.15, -0.1) is 0 Å². The van der Waals surface area contributed by atoms with Crippen molar-refractivity contribution >= 4 is 29.2 Å². The lowest BCUT2D eigenvalue weighted by atomic mass is 9.82. The molecule has 6 heteroatoms. The molecule has 1 saturated carbocycles. The molecule has 6 nitrogen and oxygen atoms in total. The highest BCUT2D eigenvalue weighted by molar-refractivity contribution is 5.96. The number of carboxylic acids is 1. The minimum Gasteiger partial charge on any atom is -0.481 e. The standard InChI is InChI=1S/C17H18N2O4/c1-9(20)18-12-4-6-13(7-5-12)19-16(21)14-10-2-3-11(8-10)15(14)17(22)23/h2-7,10-11,14-15H,8H2,1H3,(H,18,20)(H,19,21)(H,22,23)/t10-,11-,14+,15+/m0/s1. The number of nitrogens with one attached hydrogen (secondary N) is 2. The first-order chi connectivity index (χ1) is 11.0. The Kier molecular flexibility index (Phi) is 3.90. The number of allylic oxidation sites excluding steroid dienone is 2. The van der Waals surface area contributed by atoms with E-state index in [0.29, 0.717) is 11.4 Å². The van der Waals surface area contributed by atoms with Crippen LogP contribution in [0.4, 0.5) is 11.4 Å². The van der Waals surface area contributed by atoms with Crippen molar-refractivity contribution in [1.29, 1.82) is 0 Å². The Balaban J connectivity index is 1.70. The Morgan fingerprint density at radius 3 is 2.00 bits per heavy atom. The maximum atomic E-state index is 12.5. The fourth-order valence-corrected chi connectivity index (χ4v) is 3.58. The minimum atomic E-state index is -0.914. The van der Waals surface area contributed by atoms with Gasteiger partial charge in [0.2, 0.25) is 11.8 Å². The zero-order valence-corrected chi connectivity index (χ0v) is 12.7. The van der Waals surface area contributed by atoms with E-state index in [-0.39, 0.29) is 23.7 Å². The molecule has 0 saturated heterocycles. The lowest BCUT2D eigenvalue weighted by Gasteiger charge is -2.23. The molecule has 3 rings (SSSR count). The highest BCUT2D eigenvalue weighted by Gasteiger charge is 2.51. The molecule has 2 bridgehead atoms. The molecular formula is C17H18N2O4. The molecule has 1 aromatic rings. The number of anilines is 2. The van der Waals surface area contributed by atoms with Gasteiger partial charge in [0.05, 0.1) is 11.8 Å². The Hall–Kier alpha value is -2.63. The predicted molar refractivity (Wildman–Crippen MR) is 84.7 cm³/mol. The molecule has 120 valence electrons. The van der Waals surface area contributed by atoms with Crippen molar-refractivity contribution in [3.05, 3.63) is 36.4 Å².